The minimum absolute atomic E-state index is 0.0997. The summed E-state index contributed by atoms with van der Waals surface area (Å²) in [5.74, 6) is 1.48. The topological polar surface area (TPSA) is 106 Å². The van der Waals surface area contributed by atoms with Crippen molar-refractivity contribution in [1.82, 2.24) is 29.9 Å². The normalized spacial score (nSPS) is 21.2. The summed E-state index contributed by atoms with van der Waals surface area (Å²) in [5, 5.41) is 12.2. The molecule has 0 amide bonds. The van der Waals surface area contributed by atoms with Crippen molar-refractivity contribution >= 4 is 9.84 Å². The van der Waals surface area contributed by atoms with Gasteiger partial charge < -0.3 is 0 Å². The molecular weight excluding hydrogens is 352 g/mol. The van der Waals surface area contributed by atoms with Crippen LogP contribution in [0.2, 0.25) is 0 Å². The van der Waals surface area contributed by atoms with Crippen molar-refractivity contribution in [2.45, 2.75) is 31.7 Å². The Morgan fingerprint density at radius 3 is 2.96 bits per heavy atom. The van der Waals surface area contributed by atoms with Crippen molar-refractivity contribution in [3.05, 3.63) is 35.8 Å². The number of pyridine rings is 1. The van der Waals surface area contributed by atoms with E-state index in [-0.39, 0.29) is 17.5 Å². The molecule has 9 heteroatoms. The molecule has 4 heterocycles. The first-order valence-corrected chi connectivity index (χ1v) is 10.6. The van der Waals surface area contributed by atoms with E-state index in [0.29, 0.717) is 18.1 Å². The van der Waals surface area contributed by atoms with Crippen molar-refractivity contribution < 1.29 is 8.42 Å². The molecule has 0 bridgehead atoms. The van der Waals surface area contributed by atoms with E-state index in [9.17, 15) is 8.42 Å². The summed E-state index contributed by atoms with van der Waals surface area (Å²) in [6, 6.07) is 3.53. The largest absolute Gasteiger partial charge is 0.282 e. The second-order valence-electron chi connectivity index (χ2n) is 6.89. The highest BCUT2D eigenvalue weighted by molar-refractivity contribution is 7.91. The van der Waals surface area contributed by atoms with Crippen molar-refractivity contribution in [3.8, 4) is 22.9 Å². The van der Waals surface area contributed by atoms with Crippen LogP contribution in [0.25, 0.3) is 22.9 Å². The van der Waals surface area contributed by atoms with Gasteiger partial charge in [-0.3, -0.25) is 10.1 Å². The molecule has 0 saturated carbocycles. The Morgan fingerprint density at radius 2 is 2.19 bits per heavy atom. The summed E-state index contributed by atoms with van der Waals surface area (Å²) in [7, 11) is -3.03. The van der Waals surface area contributed by atoms with Crippen LogP contribution < -0.4 is 0 Å². The highest BCUT2D eigenvalue weighted by atomic mass is 32.2. The number of aryl methyl sites for hydroxylation is 1. The van der Waals surface area contributed by atoms with Gasteiger partial charge in [-0.1, -0.05) is 0 Å². The molecule has 134 valence electrons. The zero-order chi connectivity index (χ0) is 17.7. The molecule has 1 saturated heterocycles. The molecule has 3 aromatic rings. The zero-order valence-corrected chi connectivity index (χ0v) is 14.9. The van der Waals surface area contributed by atoms with Gasteiger partial charge in [-0.05, 0) is 37.8 Å². The van der Waals surface area contributed by atoms with E-state index in [1.165, 1.54) is 5.56 Å². The predicted molar refractivity (Wildman–Crippen MR) is 95.2 cm³/mol. The Balaban J connectivity index is 1.65. The van der Waals surface area contributed by atoms with E-state index in [2.05, 4.69) is 20.3 Å². The van der Waals surface area contributed by atoms with Crippen molar-refractivity contribution in [2.75, 3.05) is 11.5 Å². The summed E-state index contributed by atoms with van der Waals surface area (Å²) >= 11 is 0. The van der Waals surface area contributed by atoms with E-state index >= 15 is 0 Å². The smallest absolute Gasteiger partial charge is 0.183 e. The molecule has 1 atom stereocenters. The quantitative estimate of drug-likeness (QED) is 0.750. The van der Waals surface area contributed by atoms with Crippen molar-refractivity contribution in [3.63, 3.8) is 0 Å². The predicted octanol–water partition coefficient (Wildman–Crippen LogP) is 1.58. The molecule has 1 aliphatic heterocycles. The number of nitrogens with one attached hydrogen (secondary N) is 1. The van der Waals surface area contributed by atoms with Gasteiger partial charge in [0.25, 0.3) is 0 Å². The van der Waals surface area contributed by atoms with Gasteiger partial charge in [0, 0.05) is 29.2 Å². The van der Waals surface area contributed by atoms with Crippen LogP contribution >= 0.6 is 0 Å². The minimum atomic E-state index is -3.03. The third-order valence-corrected chi connectivity index (χ3v) is 6.87. The summed E-state index contributed by atoms with van der Waals surface area (Å²) in [6.45, 7) is 0. The minimum Gasteiger partial charge on any atom is -0.282 e. The molecule has 2 aliphatic rings. The number of H-pyrrole nitrogens is 1. The number of rotatable bonds is 3. The fourth-order valence-electron chi connectivity index (χ4n) is 3.83. The Hall–Kier alpha value is -2.55. The molecule has 26 heavy (non-hydrogen) atoms. The lowest BCUT2D eigenvalue weighted by Gasteiger charge is -2.11. The number of nitrogens with zero attached hydrogens (tertiary/aromatic N) is 5. The lowest BCUT2D eigenvalue weighted by atomic mass is 10.2. The third kappa shape index (κ3) is 2.54. The average molecular weight is 370 g/mol. The van der Waals surface area contributed by atoms with E-state index in [1.807, 2.05) is 12.1 Å². The number of hydrogen-bond acceptors (Lipinski definition) is 6. The molecule has 0 spiro atoms. The van der Waals surface area contributed by atoms with Gasteiger partial charge in [-0.25, -0.2) is 18.1 Å². The molecule has 3 aromatic heterocycles. The second kappa shape index (κ2) is 5.73. The van der Waals surface area contributed by atoms with E-state index in [0.717, 1.165) is 36.2 Å². The molecule has 0 aromatic carbocycles. The number of fused-ring (bicyclic) bond motifs is 1. The highest BCUT2D eigenvalue weighted by Gasteiger charge is 2.34. The summed E-state index contributed by atoms with van der Waals surface area (Å²) < 4.78 is 25.7. The molecule has 8 nitrogen and oxygen atoms in total. The second-order valence-corrected chi connectivity index (χ2v) is 9.11. The van der Waals surface area contributed by atoms with E-state index < -0.39 is 9.84 Å². The summed E-state index contributed by atoms with van der Waals surface area (Å²) in [5.41, 5.74) is 3.93. The fourth-order valence-corrected chi connectivity index (χ4v) is 5.52. The first kappa shape index (κ1) is 15.7. The average Bonchev–Trinajstić information content (AvgIpc) is 3.37. The number of hydrogen-bond donors (Lipinski definition) is 1. The number of aromatic amines is 1. The SMILES string of the molecule is O=S1(=O)CC[C@@H](n2nc(-c3cccnc3)nc2-c2n[nH]c3c2CCC3)C1. The maximum atomic E-state index is 12.0. The van der Waals surface area contributed by atoms with Crippen LogP contribution in [0.4, 0.5) is 0 Å². The lowest BCUT2D eigenvalue weighted by molar-refractivity contribution is 0.504. The third-order valence-electron chi connectivity index (χ3n) is 5.12. The molecule has 1 aliphatic carbocycles. The molecular formula is C17H18N6O2S. The maximum absolute atomic E-state index is 12.0. The van der Waals surface area contributed by atoms with Crippen molar-refractivity contribution in [1.29, 1.82) is 0 Å². The Bertz CT molecular complexity index is 1070. The van der Waals surface area contributed by atoms with Crippen LogP contribution in [0.1, 0.15) is 30.1 Å². The lowest BCUT2D eigenvalue weighted by Crippen LogP contribution is -2.14. The Morgan fingerprint density at radius 1 is 1.27 bits per heavy atom. The van der Waals surface area contributed by atoms with Gasteiger partial charge in [0.2, 0.25) is 0 Å². The number of sulfone groups is 1. The summed E-state index contributed by atoms with van der Waals surface area (Å²) in [4.78, 5) is 8.86. The van der Waals surface area contributed by atoms with Crippen LogP contribution in [0.3, 0.4) is 0 Å². The standard InChI is InChI=1S/C17H18N6O2S/c24-26(25)8-6-12(10-26)23-17(15-13-4-1-5-14(13)20-21-15)19-16(22-23)11-3-2-7-18-9-11/h2-3,7,9,12H,1,4-6,8,10H2,(H,20,21)/t12-/m1/s1. The Kier molecular flexibility index (Phi) is 3.46. The summed E-state index contributed by atoms with van der Waals surface area (Å²) in [6.07, 6.45) is 7.01. The first-order valence-electron chi connectivity index (χ1n) is 8.74. The molecule has 0 radical (unpaired) electrons. The monoisotopic (exact) mass is 370 g/mol. The van der Waals surface area contributed by atoms with Crippen LogP contribution in [0.5, 0.6) is 0 Å². The first-order chi connectivity index (χ1) is 12.6. The van der Waals surface area contributed by atoms with E-state index in [4.69, 9.17) is 4.98 Å². The Labute approximate surface area is 150 Å². The number of aromatic nitrogens is 6. The molecule has 5 rings (SSSR count). The van der Waals surface area contributed by atoms with Gasteiger partial charge in [0.05, 0.1) is 17.5 Å². The van der Waals surface area contributed by atoms with Crippen LogP contribution in [-0.4, -0.2) is 49.9 Å². The van der Waals surface area contributed by atoms with Gasteiger partial charge in [-0.15, -0.1) is 0 Å². The van der Waals surface area contributed by atoms with Crippen LogP contribution in [-0.2, 0) is 22.7 Å². The fraction of sp³-hybridized carbons (Fsp3) is 0.412. The highest BCUT2D eigenvalue weighted by Crippen LogP contribution is 2.34. The maximum Gasteiger partial charge on any atom is 0.183 e. The zero-order valence-electron chi connectivity index (χ0n) is 14.1. The molecule has 1 fully saturated rings. The van der Waals surface area contributed by atoms with Gasteiger partial charge in [0.1, 0.15) is 5.69 Å². The molecule has 1 N–H and O–H groups in total. The van der Waals surface area contributed by atoms with Gasteiger partial charge in [-0.2, -0.15) is 10.2 Å². The van der Waals surface area contributed by atoms with Crippen molar-refractivity contribution in [2.24, 2.45) is 0 Å². The molecule has 0 unspecified atom stereocenters. The van der Waals surface area contributed by atoms with Crippen LogP contribution in [0, 0.1) is 0 Å². The van der Waals surface area contributed by atoms with Gasteiger partial charge in [0.15, 0.2) is 21.5 Å². The van der Waals surface area contributed by atoms with E-state index in [1.54, 1.807) is 17.1 Å². The van der Waals surface area contributed by atoms with Crippen LogP contribution in [0.15, 0.2) is 24.5 Å². The van der Waals surface area contributed by atoms with Gasteiger partial charge >= 0.3 is 0 Å².